The predicted octanol–water partition coefficient (Wildman–Crippen LogP) is 3.38. The number of nitrogen functional groups attached to an aromatic ring is 1. The number of hydrogen-bond donors (Lipinski definition) is 4. The average molecular weight is 492 g/mol. The summed E-state index contributed by atoms with van der Waals surface area (Å²) in [6.07, 6.45) is 0. The number of carbonyl (C=O) groups is 1. The van der Waals surface area contributed by atoms with Gasteiger partial charge in [0, 0.05) is 31.3 Å². The Morgan fingerprint density at radius 1 is 1.03 bits per heavy atom. The van der Waals surface area contributed by atoms with Crippen LogP contribution in [-0.2, 0) is 13.1 Å². The van der Waals surface area contributed by atoms with Crippen molar-refractivity contribution in [1.82, 2.24) is 16.0 Å². The van der Waals surface area contributed by atoms with Gasteiger partial charge in [0.25, 0.3) is 5.91 Å². The summed E-state index contributed by atoms with van der Waals surface area (Å²) < 4.78 is 24.4. The van der Waals surface area contributed by atoms with Gasteiger partial charge in [0.15, 0.2) is 5.96 Å². The van der Waals surface area contributed by atoms with Gasteiger partial charge in [-0.05, 0) is 65.6 Å². The van der Waals surface area contributed by atoms with Crippen molar-refractivity contribution in [2.75, 3.05) is 33.0 Å². The van der Waals surface area contributed by atoms with Gasteiger partial charge in [0.2, 0.25) is 0 Å². The number of rotatable bonds is 8. The summed E-state index contributed by atoms with van der Waals surface area (Å²) in [7, 11) is 3.14. The third-order valence-electron chi connectivity index (χ3n) is 5.96. The second-order valence-corrected chi connectivity index (χ2v) is 8.48. The molecule has 9 heteroatoms. The lowest BCUT2D eigenvalue weighted by Gasteiger charge is -2.17. The molecule has 1 heterocycles. The largest absolute Gasteiger partial charge is 0.497 e. The van der Waals surface area contributed by atoms with Crippen LogP contribution in [0.5, 0.6) is 11.5 Å². The quantitative estimate of drug-likeness (QED) is 0.360. The zero-order valence-corrected chi connectivity index (χ0v) is 20.6. The first kappa shape index (κ1) is 24.8. The van der Waals surface area contributed by atoms with E-state index in [1.807, 2.05) is 25.1 Å². The highest BCUT2D eigenvalue weighted by Gasteiger charge is 2.18. The van der Waals surface area contributed by atoms with Crippen molar-refractivity contribution < 1.29 is 18.7 Å². The minimum atomic E-state index is -0.329. The number of guanidine groups is 1. The molecule has 0 fully saturated rings. The first-order valence-electron chi connectivity index (χ1n) is 11.6. The molecule has 1 amide bonds. The van der Waals surface area contributed by atoms with Crippen molar-refractivity contribution in [3.8, 4) is 22.6 Å². The van der Waals surface area contributed by atoms with E-state index in [9.17, 15) is 9.18 Å². The second-order valence-electron chi connectivity index (χ2n) is 8.48. The van der Waals surface area contributed by atoms with Crippen molar-refractivity contribution in [3.05, 3.63) is 76.6 Å². The van der Waals surface area contributed by atoms with E-state index in [-0.39, 0.29) is 18.3 Å². The first-order chi connectivity index (χ1) is 17.4. The molecule has 1 aliphatic heterocycles. The molecular weight excluding hydrogens is 461 g/mol. The summed E-state index contributed by atoms with van der Waals surface area (Å²) in [5, 5.41) is 9.35. The minimum Gasteiger partial charge on any atom is -0.497 e. The van der Waals surface area contributed by atoms with Crippen LogP contribution in [0.3, 0.4) is 0 Å². The molecular formula is C27H30FN5O3. The van der Waals surface area contributed by atoms with E-state index in [2.05, 4.69) is 20.9 Å². The Morgan fingerprint density at radius 2 is 1.75 bits per heavy atom. The van der Waals surface area contributed by atoms with E-state index in [1.165, 1.54) is 12.1 Å². The Balaban J connectivity index is 1.64. The lowest BCUT2D eigenvalue weighted by molar-refractivity contribution is 0.0951. The van der Waals surface area contributed by atoms with Crippen LogP contribution in [0.2, 0.25) is 0 Å². The van der Waals surface area contributed by atoms with E-state index >= 15 is 0 Å². The van der Waals surface area contributed by atoms with Crippen molar-refractivity contribution in [2.24, 2.45) is 4.99 Å². The first-order valence-corrected chi connectivity index (χ1v) is 11.6. The number of benzene rings is 3. The van der Waals surface area contributed by atoms with Crippen LogP contribution >= 0.6 is 0 Å². The number of aliphatic imine (C=N–C) groups is 1. The Hall–Kier alpha value is -4.27. The zero-order valence-electron chi connectivity index (χ0n) is 20.6. The smallest absolute Gasteiger partial charge is 0.253 e. The molecule has 188 valence electrons. The maximum absolute atomic E-state index is 13.8. The predicted molar refractivity (Wildman–Crippen MR) is 139 cm³/mol. The molecule has 0 bridgehead atoms. The molecule has 5 N–H and O–H groups in total. The number of nitrogens with two attached hydrogens (primary N) is 1. The number of amides is 1. The highest BCUT2D eigenvalue weighted by molar-refractivity contribution is 6.03. The van der Waals surface area contributed by atoms with E-state index < -0.39 is 0 Å². The van der Waals surface area contributed by atoms with Gasteiger partial charge < -0.3 is 31.2 Å². The van der Waals surface area contributed by atoms with Gasteiger partial charge in [-0.2, -0.15) is 0 Å². The van der Waals surface area contributed by atoms with E-state index in [0.29, 0.717) is 47.4 Å². The summed E-state index contributed by atoms with van der Waals surface area (Å²) in [5.74, 6) is 1.31. The van der Waals surface area contributed by atoms with E-state index in [0.717, 1.165) is 28.8 Å². The number of nitrogens with zero attached hydrogens (tertiary/aromatic N) is 1. The fraction of sp³-hybridized carbons (Fsp3) is 0.259. The number of carbonyl (C=O) groups excluding carboxylic acids is 1. The summed E-state index contributed by atoms with van der Waals surface area (Å²) in [6.45, 7) is 4.00. The minimum absolute atomic E-state index is 0.250. The van der Waals surface area contributed by atoms with Gasteiger partial charge in [-0.1, -0.05) is 6.07 Å². The Labute approximate surface area is 209 Å². The number of nitrogens with one attached hydrogen (secondary N) is 3. The van der Waals surface area contributed by atoms with Crippen LogP contribution in [0.25, 0.3) is 11.1 Å². The standard InChI is InChI=1S/C27H30FN5O3/c1-16-8-19(28)4-5-22(16)23-11-18(15-33-27-30-6-7-31-27)12-24(25(23)29)26(34)32-14-17-9-20(35-2)13-21(10-17)36-3/h4-5,8-13H,6-7,14-15,29H2,1-3H3,(H,32,34)(H2,30,31,33). The SMILES string of the molecule is COc1cc(CNC(=O)c2cc(CNC3=NCCN3)cc(-c3ccc(F)cc3C)c2N)cc(OC)c1. The highest BCUT2D eigenvalue weighted by atomic mass is 19.1. The second kappa shape index (κ2) is 11.0. The van der Waals surface area contributed by atoms with Crippen LogP contribution < -0.4 is 31.2 Å². The van der Waals surface area contributed by atoms with Gasteiger partial charge in [-0.3, -0.25) is 9.79 Å². The monoisotopic (exact) mass is 491 g/mol. The molecule has 36 heavy (non-hydrogen) atoms. The third kappa shape index (κ3) is 5.68. The van der Waals surface area contributed by atoms with Gasteiger partial charge in [0.05, 0.1) is 32.0 Å². The highest BCUT2D eigenvalue weighted by Crippen LogP contribution is 2.33. The maximum atomic E-state index is 13.8. The molecule has 0 unspecified atom stereocenters. The molecule has 0 saturated carbocycles. The van der Waals surface area contributed by atoms with Gasteiger partial charge in [0.1, 0.15) is 17.3 Å². The third-order valence-corrected chi connectivity index (χ3v) is 5.96. The lowest BCUT2D eigenvalue weighted by Crippen LogP contribution is -2.33. The Morgan fingerprint density at radius 3 is 2.39 bits per heavy atom. The summed E-state index contributed by atoms with van der Waals surface area (Å²) in [5.41, 5.74) is 11.0. The molecule has 4 rings (SSSR count). The molecule has 0 saturated heterocycles. The van der Waals surface area contributed by atoms with Crippen LogP contribution in [0.15, 0.2) is 53.5 Å². The molecule has 1 aliphatic rings. The number of halogens is 1. The van der Waals surface area contributed by atoms with Crippen molar-refractivity contribution in [3.63, 3.8) is 0 Å². The van der Waals surface area contributed by atoms with Crippen molar-refractivity contribution >= 4 is 17.6 Å². The van der Waals surface area contributed by atoms with E-state index in [4.69, 9.17) is 15.2 Å². The summed E-state index contributed by atoms with van der Waals surface area (Å²) >= 11 is 0. The normalized spacial score (nSPS) is 12.5. The molecule has 0 aliphatic carbocycles. The van der Waals surface area contributed by atoms with Gasteiger partial charge in [-0.25, -0.2) is 4.39 Å². The molecule has 8 nitrogen and oxygen atoms in total. The molecule has 0 spiro atoms. The number of anilines is 1. The summed E-state index contributed by atoms with van der Waals surface area (Å²) in [4.78, 5) is 17.7. The average Bonchev–Trinajstić information content (AvgIpc) is 3.40. The van der Waals surface area contributed by atoms with Gasteiger partial charge in [-0.15, -0.1) is 0 Å². The molecule has 0 aromatic heterocycles. The number of ether oxygens (including phenoxy) is 2. The molecule has 0 atom stereocenters. The topological polar surface area (TPSA) is 110 Å². The van der Waals surface area contributed by atoms with Crippen LogP contribution in [-0.4, -0.2) is 39.2 Å². The van der Waals surface area contributed by atoms with Crippen LogP contribution in [0.4, 0.5) is 10.1 Å². The number of hydrogen-bond acceptors (Lipinski definition) is 7. The van der Waals surface area contributed by atoms with Crippen molar-refractivity contribution in [2.45, 2.75) is 20.0 Å². The molecule has 3 aromatic carbocycles. The number of methoxy groups -OCH3 is 2. The maximum Gasteiger partial charge on any atom is 0.253 e. The zero-order chi connectivity index (χ0) is 25.7. The summed E-state index contributed by atoms with van der Waals surface area (Å²) in [6, 6.07) is 13.6. The Bertz CT molecular complexity index is 1290. The van der Waals surface area contributed by atoms with Crippen LogP contribution in [0, 0.1) is 12.7 Å². The molecule has 3 aromatic rings. The van der Waals surface area contributed by atoms with Crippen molar-refractivity contribution in [1.29, 1.82) is 0 Å². The fourth-order valence-corrected chi connectivity index (χ4v) is 4.10. The lowest BCUT2D eigenvalue weighted by atomic mass is 9.94. The fourth-order valence-electron chi connectivity index (χ4n) is 4.10. The van der Waals surface area contributed by atoms with E-state index in [1.54, 1.807) is 32.4 Å². The Kier molecular flexibility index (Phi) is 7.58. The van der Waals surface area contributed by atoms with Crippen LogP contribution in [0.1, 0.15) is 27.0 Å². The molecule has 0 radical (unpaired) electrons. The number of aryl methyl sites for hydroxylation is 1. The van der Waals surface area contributed by atoms with Gasteiger partial charge >= 0.3 is 0 Å².